The molecule has 3 aliphatic rings. The number of benzene rings is 2. The number of halogens is 2. The predicted molar refractivity (Wildman–Crippen MR) is 137 cm³/mol. The van der Waals surface area contributed by atoms with Crippen LogP contribution >= 0.6 is 23.2 Å². The Morgan fingerprint density at radius 2 is 1.68 bits per heavy atom. The first-order valence-corrected chi connectivity index (χ1v) is 12.5. The number of alkyl halides is 2. The van der Waals surface area contributed by atoms with Gasteiger partial charge in [0.1, 0.15) is 5.75 Å². The Morgan fingerprint density at radius 3 is 2.35 bits per heavy atom. The molecule has 2 amide bonds. The highest BCUT2D eigenvalue weighted by Crippen LogP contribution is 2.63. The monoisotopic (exact) mass is 540 g/mol. The third-order valence-corrected chi connectivity index (χ3v) is 9.26. The highest BCUT2D eigenvalue weighted by Gasteiger charge is 2.74. The molecular formula is C26H22Cl2N4O5. The second kappa shape index (κ2) is 7.72. The minimum atomic E-state index is -1.88. The summed E-state index contributed by atoms with van der Waals surface area (Å²) in [6.07, 6.45) is 1.62. The van der Waals surface area contributed by atoms with E-state index in [0.29, 0.717) is 22.4 Å². The molecule has 3 aromatic rings. The number of hydrogen-bond acceptors (Lipinski definition) is 5. The van der Waals surface area contributed by atoms with Crippen molar-refractivity contribution in [3.05, 3.63) is 92.3 Å². The molecule has 2 aromatic carbocycles. The summed E-state index contributed by atoms with van der Waals surface area (Å²) in [6, 6.07) is 12.6. The van der Waals surface area contributed by atoms with E-state index in [-0.39, 0.29) is 18.7 Å². The summed E-state index contributed by atoms with van der Waals surface area (Å²) in [5.74, 6) is -2.14. The fourth-order valence-corrected chi connectivity index (χ4v) is 7.04. The highest BCUT2D eigenvalue weighted by molar-refractivity contribution is 6.53. The van der Waals surface area contributed by atoms with Gasteiger partial charge in [-0.1, -0.05) is 36.4 Å². The van der Waals surface area contributed by atoms with Gasteiger partial charge in [0, 0.05) is 19.4 Å². The molecule has 1 saturated carbocycles. The molecule has 9 nitrogen and oxygen atoms in total. The topological polar surface area (TPSA) is 107 Å². The molecule has 190 valence electrons. The van der Waals surface area contributed by atoms with Gasteiger partial charge in [-0.05, 0) is 41.8 Å². The van der Waals surface area contributed by atoms with E-state index in [9.17, 15) is 24.3 Å². The smallest absolute Gasteiger partial charge is 0.352 e. The summed E-state index contributed by atoms with van der Waals surface area (Å²) in [6.45, 7) is 1.77. The molecule has 3 heterocycles. The van der Waals surface area contributed by atoms with Crippen LogP contribution in [0, 0.1) is 6.92 Å². The van der Waals surface area contributed by atoms with Crippen LogP contribution in [0.3, 0.4) is 0 Å². The van der Waals surface area contributed by atoms with Gasteiger partial charge in [0.2, 0.25) is 0 Å². The average molecular weight is 541 g/mol. The number of rotatable bonds is 2. The van der Waals surface area contributed by atoms with Gasteiger partial charge >= 0.3 is 11.4 Å². The van der Waals surface area contributed by atoms with Crippen LogP contribution in [0.25, 0.3) is 5.69 Å². The number of phenols is 1. The Kier molecular flexibility index (Phi) is 4.97. The van der Waals surface area contributed by atoms with Crippen molar-refractivity contribution >= 4 is 35.0 Å². The van der Waals surface area contributed by atoms with Gasteiger partial charge in [-0.25, -0.2) is 23.5 Å². The first-order valence-electron chi connectivity index (χ1n) is 11.7. The molecule has 0 bridgehead atoms. The van der Waals surface area contributed by atoms with Crippen LogP contribution < -0.4 is 11.4 Å². The molecule has 4 unspecified atom stereocenters. The first-order chi connectivity index (χ1) is 17.5. The Balaban J connectivity index is 1.62. The molecule has 1 saturated heterocycles. The number of allylic oxidation sites excluding steroid dienone is 2. The molecular weight excluding hydrogens is 519 g/mol. The summed E-state index contributed by atoms with van der Waals surface area (Å²) in [5, 5.41) is 10.1. The van der Waals surface area contributed by atoms with Crippen LogP contribution in [0.5, 0.6) is 5.75 Å². The fourth-order valence-electron chi connectivity index (χ4n) is 6.04. The number of fused-ring (bicyclic) bond motifs is 4. The highest BCUT2D eigenvalue weighted by atomic mass is 35.5. The zero-order valence-electron chi connectivity index (χ0n) is 19.9. The normalized spacial score (nSPS) is 28.5. The first kappa shape index (κ1) is 23.8. The van der Waals surface area contributed by atoms with Crippen LogP contribution in [0.15, 0.2) is 69.8 Å². The van der Waals surface area contributed by atoms with Gasteiger partial charge in [-0.15, -0.1) is 23.2 Å². The predicted octanol–water partition coefficient (Wildman–Crippen LogP) is 2.44. The lowest BCUT2D eigenvalue weighted by Gasteiger charge is -2.49. The van der Waals surface area contributed by atoms with E-state index in [1.807, 2.05) is 0 Å². The average Bonchev–Trinajstić information content (AvgIpc) is 3.21. The van der Waals surface area contributed by atoms with E-state index >= 15 is 0 Å². The molecule has 1 N–H and O–H groups in total. The van der Waals surface area contributed by atoms with Crippen LogP contribution in [0.1, 0.15) is 29.5 Å². The number of hydrogen-bond donors (Lipinski definition) is 1. The third-order valence-electron chi connectivity index (χ3n) is 7.85. The maximum Gasteiger partial charge on any atom is 0.352 e. The number of imide groups is 1. The summed E-state index contributed by atoms with van der Waals surface area (Å²) >= 11 is 14.2. The minimum Gasteiger partial charge on any atom is -0.508 e. The van der Waals surface area contributed by atoms with Gasteiger partial charge in [0.15, 0.2) is 9.75 Å². The largest absolute Gasteiger partial charge is 0.508 e. The number of carbonyl (C=O) groups excluding carboxylic acids is 2. The Bertz CT molecular complexity index is 1660. The molecule has 2 aliphatic heterocycles. The van der Waals surface area contributed by atoms with Crippen molar-refractivity contribution in [2.45, 2.75) is 41.6 Å². The number of likely N-dealkylation sites (tertiary alicyclic amines) is 1. The summed E-state index contributed by atoms with van der Waals surface area (Å²) in [4.78, 5) is 51.2. The molecule has 0 spiro atoms. The van der Waals surface area contributed by atoms with Crippen LogP contribution in [0.4, 0.5) is 0 Å². The molecule has 37 heavy (non-hydrogen) atoms. The fraction of sp³-hybridized carbons (Fsp3) is 0.308. The zero-order chi connectivity index (χ0) is 26.4. The van der Waals surface area contributed by atoms with Crippen molar-refractivity contribution < 1.29 is 14.7 Å². The second-order valence-corrected chi connectivity index (χ2v) is 11.0. The number of carbonyl (C=O) groups is 2. The van der Waals surface area contributed by atoms with Gasteiger partial charge in [0.25, 0.3) is 11.8 Å². The van der Waals surface area contributed by atoms with E-state index in [0.717, 1.165) is 9.47 Å². The van der Waals surface area contributed by atoms with Crippen molar-refractivity contribution in [1.29, 1.82) is 0 Å². The van der Waals surface area contributed by atoms with Gasteiger partial charge in [-0.2, -0.15) is 0 Å². The SMILES string of the molecule is Cc1cc(C2C3=CCn4c(=O)n(-c5ccccc5)c(=O)n4C3CC3(Cl)C(=O)N(C)C(=O)C23Cl)ccc1O. The quantitative estimate of drug-likeness (QED) is 0.305. The van der Waals surface area contributed by atoms with E-state index in [1.165, 1.54) is 22.5 Å². The Labute approximate surface area is 220 Å². The summed E-state index contributed by atoms with van der Waals surface area (Å²) in [5.41, 5.74) is 1.02. The number of amides is 2. The second-order valence-electron chi connectivity index (χ2n) is 9.75. The van der Waals surface area contributed by atoms with Gasteiger partial charge in [-0.3, -0.25) is 14.5 Å². The van der Waals surface area contributed by atoms with E-state index in [4.69, 9.17) is 23.2 Å². The van der Waals surface area contributed by atoms with E-state index in [1.54, 1.807) is 55.5 Å². The van der Waals surface area contributed by atoms with Crippen LogP contribution in [-0.4, -0.2) is 52.5 Å². The maximum absolute atomic E-state index is 13.7. The van der Waals surface area contributed by atoms with E-state index < -0.39 is 44.9 Å². The minimum absolute atomic E-state index is 0.0606. The standard InChI is InChI=1S/C26H22Cl2N4O5/c1-14-12-15(8-9-19(14)33)20-17-10-11-30-23(36)31(16-6-4-3-5-7-16)24(37)32(30)18(17)13-25(27)21(34)29(2)22(35)26(20,25)28/h3-10,12,18,20,33H,11,13H2,1-2H3. The molecule has 6 rings (SSSR count). The molecule has 2 fully saturated rings. The molecule has 11 heteroatoms. The Morgan fingerprint density at radius 1 is 0.973 bits per heavy atom. The zero-order valence-corrected chi connectivity index (χ0v) is 21.4. The maximum atomic E-state index is 13.7. The molecule has 0 radical (unpaired) electrons. The molecule has 1 aromatic heterocycles. The van der Waals surface area contributed by atoms with Crippen LogP contribution in [0.2, 0.25) is 0 Å². The Hall–Kier alpha value is -3.56. The van der Waals surface area contributed by atoms with E-state index in [2.05, 4.69) is 0 Å². The van der Waals surface area contributed by atoms with Crippen molar-refractivity contribution in [2.75, 3.05) is 7.05 Å². The lowest BCUT2D eigenvalue weighted by Crippen LogP contribution is -2.59. The van der Waals surface area contributed by atoms with Crippen molar-refractivity contribution in [3.63, 3.8) is 0 Å². The summed E-state index contributed by atoms with van der Waals surface area (Å²) in [7, 11) is 1.34. The van der Waals surface area contributed by atoms with Gasteiger partial charge in [0.05, 0.1) is 18.3 Å². The summed E-state index contributed by atoms with van der Waals surface area (Å²) < 4.78 is 3.71. The number of para-hydroxylation sites is 1. The number of nitrogens with zero attached hydrogens (tertiary/aromatic N) is 4. The molecule has 1 aliphatic carbocycles. The van der Waals surface area contributed by atoms with Crippen LogP contribution in [-0.2, 0) is 16.1 Å². The lowest BCUT2D eigenvalue weighted by molar-refractivity contribution is -0.137. The number of aryl methyl sites for hydroxylation is 1. The van der Waals surface area contributed by atoms with Crippen molar-refractivity contribution in [2.24, 2.45) is 0 Å². The lowest BCUT2D eigenvalue weighted by atomic mass is 9.64. The number of aromatic nitrogens is 3. The number of phenolic OH excluding ortho intramolecular Hbond substituents is 1. The van der Waals surface area contributed by atoms with Crippen molar-refractivity contribution in [1.82, 2.24) is 18.8 Å². The van der Waals surface area contributed by atoms with Gasteiger partial charge < -0.3 is 5.11 Å². The third kappa shape index (κ3) is 2.86. The number of aromatic hydroxyl groups is 1. The molecule has 4 atom stereocenters. The van der Waals surface area contributed by atoms with Crippen molar-refractivity contribution in [3.8, 4) is 11.4 Å².